The summed E-state index contributed by atoms with van der Waals surface area (Å²) >= 11 is 0. The van der Waals surface area contributed by atoms with E-state index in [1.165, 1.54) is 16.4 Å². The fourth-order valence-corrected chi connectivity index (χ4v) is 7.54. The molecule has 1 heterocycles. The SMILES string of the molecule is CC(C)CN(C[C@@H](O)[C@H](Cc1ccccc1)NC(=O)CC1(c2ccccn2)CCCCC1)S(=O)(=O)c1ccc(F)cc1. The number of aliphatic hydroxyl groups is 1. The van der Waals surface area contributed by atoms with Crippen LogP contribution in [0.1, 0.15) is 63.6 Å². The molecule has 0 bridgehead atoms. The van der Waals surface area contributed by atoms with Crippen molar-refractivity contribution in [1.82, 2.24) is 14.6 Å². The summed E-state index contributed by atoms with van der Waals surface area (Å²) in [4.78, 5) is 18.3. The Kier molecular flexibility index (Phi) is 10.9. The van der Waals surface area contributed by atoms with Crippen LogP contribution in [0, 0.1) is 11.7 Å². The molecule has 1 aromatic heterocycles. The van der Waals surface area contributed by atoms with Crippen molar-refractivity contribution in [3.8, 4) is 0 Å². The highest BCUT2D eigenvalue weighted by Crippen LogP contribution is 2.41. The van der Waals surface area contributed by atoms with E-state index in [0.717, 1.165) is 55.5 Å². The molecule has 2 aromatic carbocycles. The second-order valence-corrected chi connectivity index (χ2v) is 13.8. The maximum atomic E-state index is 13.7. The number of sulfonamides is 1. The molecule has 1 aliphatic carbocycles. The Morgan fingerprint density at radius 3 is 2.26 bits per heavy atom. The summed E-state index contributed by atoms with van der Waals surface area (Å²) < 4.78 is 41.9. The summed E-state index contributed by atoms with van der Waals surface area (Å²) in [6.07, 6.45) is 6.03. The van der Waals surface area contributed by atoms with Crippen molar-refractivity contribution in [1.29, 1.82) is 0 Å². The van der Waals surface area contributed by atoms with Gasteiger partial charge in [-0.05, 0) is 67.1 Å². The summed E-state index contributed by atoms with van der Waals surface area (Å²) in [5.41, 5.74) is 1.45. The molecule has 0 saturated heterocycles. The van der Waals surface area contributed by atoms with Crippen LogP contribution in [-0.2, 0) is 26.7 Å². The van der Waals surface area contributed by atoms with E-state index < -0.39 is 28.0 Å². The Morgan fingerprint density at radius 2 is 1.64 bits per heavy atom. The van der Waals surface area contributed by atoms with Gasteiger partial charge in [0.1, 0.15) is 5.82 Å². The topological polar surface area (TPSA) is 99.6 Å². The molecular weight excluding hydrogens is 553 g/mol. The zero-order valence-corrected chi connectivity index (χ0v) is 25.3. The van der Waals surface area contributed by atoms with Crippen molar-refractivity contribution in [2.45, 2.75) is 81.2 Å². The fraction of sp³-hybridized carbons (Fsp3) is 0.455. The van der Waals surface area contributed by atoms with Gasteiger partial charge in [-0.3, -0.25) is 9.78 Å². The lowest BCUT2D eigenvalue weighted by Crippen LogP contribution is -2.52. The number of aliphatic hydroxyl groups excluding tert-OH is 1. The number of hydrogen-bond donors (Lipinski definition) is 2. The lowest BCUT2D eigenvalue weighted by Gasteiger charge is -2.37. The minimum atomic E-state index is -4.03. The summed E-state index contributed by atoms with van der Waals surface area (Å²) in [5, 5.41) is 14.6. The zero-order valence-electron chi connectivity index (χ0n) is 24.5. The van der Waals surface area contributed by atoms with E-state index in [0.29, 0.717) is 6.42 Å². The van der Waals surface area contributed by atoms with E-state index in [4.69, 9.17) is 0 Å². The van der Waals surface area contributed by atoms with E-state index in [1.54, 1.807) is 6.20 Å². The summed E-state index contributed by atoms with van der Waals surface area (Å²) in [7, 11) is -4.03. The molecule has 1 aliphatic rings. The predicted molar refractivity (Wildman–Crippen MR) is 162 cm³/mol. The van der Waals surface area contributed by atoms with Crippen molar-refractivity contribution >= 4 is 15.9 Å². The standard InChI is InChI=1S/C33H42FN3O4S/c1-25(2)23-37(42(40,41)28-16-14-27(34)15-17-28)24-30(38)29(21-26-11-5-3-6-12-26)36-32(39)22-33(18-8-4-9-19-33)31-13-7-10-20-35-31/h3,5-7,10-17,20,25,29-30,38H,4,8-9,18-19,21-24H2,1-2H3,(H,36,39)/t29-,30+/m0/s1. The molecule has 7 nitrogen and oxygen atoms in total. The van der Waals surface area contributed by atoms with Crippen LogP contribution in [0.4, 0.5) is 4.39 Å². The monoisotopic (exact) mass is 595 g/mol. The minimum absolute atomic E-state index is 0.0286. The first-order valence-electron chi connectivity index (χ1n) is 14.8. The smallest absolute Gasteiger partial charge is 0.243 e. The van der Waals surface area contributed by atoms with Crippen LogP contribution in [0.2, 0.25) is 0 Å². The minimum Gasteiger partial charge on any atom is -0.390 e. The van der Waals surface area contributed by atoms with Crippen molar-refractivity contribution < 1.29 is 22.7 Å². The average molecular weight is 596 g/mol. The largest absolute Gasteiger partial charge is 0.390 e. The molecule has 2 N–H and O–H groups in total. The van der Waals surface area contributed by atoms with Crippen molar-refractivity contribution in [2.24, 2.45) is 5.92 Å². The number of amides is 1. The van der Waals surface area contributed by atoms with Crippen LogP contribution in [0.3, 0.4) is 0 Å². The third-order valence-electron chi connectivity index (χ3n) is 8.04. The van der Waals surface area contributed by atoms with Gasteiger partial charge in [0.25, 0.3) is 0 Å². The molecule has 1 saturated carbocycles. The number of nitrogens with zero attached hydrogens (tertiary/aromatic N) is 2. The summed E-state index contributed by atoms with van der Waals surface area (Å²) in [5.74, 6) is -0.755. The first kappa shape index (κ1) is 31.8. The molecule has 0 spiro atoms. The van der Waals surface area contributed by atoms with Gasteiger partial charge in [0, 0.05) is 36.8 Å². The second kappa shape index (κ2) is 14.4. The number of nitrogens with one attached hydrogen (secondary N) is 1. The van der Waals surface area contributed by atoms with E-state index in [9.17, 15) is 22.7 Å². The lowest BCUT2D eigenvalue weighted by atomic mass is 9.69. The Labute approximate surface area is 249 Å². The molecule has 42 heavy (non-hydrogen) atoms. The quantitative estimate of drug-likeness (QED) is 0.281. The molecular formula is C33H42FN3O4S. The van der Waals surface area contributed by atoms with Crippen molar-refractivity contribution in [3.05, 3.63) is 96.1 Å². The first-order valence-corrected chi connectivity index (χ1v) is 16.2. The number of rotatable bonds is 13. The fourth-order valence-electron chi connectivity index (χ4n) is 5.91. The number of carbonyl (C=O) groups excluding carboxylic acids is 1. The molecule has 4 rings (SSSR count). The number of pyridine rings is 1. The van der Waals surface area contributed by atoms with Crippen LogP contribution < -0.4 is 5.32 Å². The van der Waals surface area contributed by atoms with Gasteiger partial charge in [0.15, 0.2) is 0 Å². The van der Waals surface area contributed by atoms with Gasteiger partial charge in [-0.15, -0.1) is 0 Å². The van der Waals surface area contributed by atoms with Gasteiger partial charge in [-0.2, -0.15) is 4.31 Å². The highest BCUT2D eigenvalue weighted by atomic mass is 32.2. The molecule has 0 radical (unpaired) electrons. The van der Waals surface area contributed by atoms with Gasteiger partial charge in [-0.25, -0.2) is 12.8 Å². The third kappa shape index (κ3) is 8.24. The second-order valence-electron chi connectivity index (χ2n) is 11.8. The van der Waals surface area contributed by atoms with Gasteiger partial charge >= 0.3 is 0 Å². The van der Waals surface area contributed by atoms with Crippen LogP contribution in [0.5, 0.6) is 0 Å². The Balaban J connectivity index is 1.58. The number of benzene rings is 2. The van der Waals surface area contributed by atoms with Crippen molar-refractivity contribution in [3.63, 3.8) is 0 Å². The molecule has 9 heteroatoms. The lowest BCUT2D eigenvalue weighted by molar-refractivity contribution is -0.124. The maximum absolute atomic E-state index is 13.7. The van der Waals surface area contributed by atoms with E-state index in [2.05, 4.69) is 10.3 Å². The molecule has 3 aromatic rings. The predicted octanol–water partition coefficient (Wildman–Crippen LogP) is 5.25. The molecule has 0 aliphatic heterocycles. The van der Waals surface area contributed by atoms with E-state index >= 15 is 0 Å². The molecule has 1 amide bonds. The molecule has 0 unspecified atom stereocenters. The van der Waals surface area contributed by atoms with Crippen LogP contribution in [0.15, 0.2) is 83.9 Å². The molecule has 226 valence electrons. The van der Waals surface area contributed by atoms with Gasteiger partial charge in [0.2, 0.25) is 15.9 Å². The maximum Gasteiger partial charge on any atom is 0.243 e. The average Bonchev–Trinajstić information content (AvgIpc) is 2.98. The first-order chi connectivity index (χ1) is 20.1. The highest BCUT2D eigenvalue weighted by Gasteiger charge is 2.38. The highest BCUT2D eigenvalue weighted by molar-refractivity contribution is 7.89. The zero-order chi connectivity index (χ0) is 30.2. The Bertz CT molecular complexity index is 1380. The number of carbonyl (C=O) groups is 1. The number of aromatic nitrogens is 1. The van der Waals surface area contributed by atoms with Gasteiger partial charge in [-0.1, -0.05) is 69.5 Å². The number of hydrogen-bond acceptors (Lipinski definition) is 5. The Morgan fingerprint density at radius 1 is 0.976 bits per heavy atom. The molecule has 1 fully saturated rings. The van der Waals surface area contributed by atoms with E-state index in [1.807, 2.05) is 62.4 Å². The molecule has 2 atom stereocenters. The number of halogens is 1. The van der Waals surface area contributed by atoms with Crippen LogP contribution in [-0.4, -0.2) is 54.0 Å². The van der Waals surface area contributed by atoms with Crippen molar-refractivity contribution in [2.75, 3.05) is 13.1 Å². The summed E-state index contributed by atoms with van der Waals surface area (Å²) in [6.45, 7) is 3.72. The van der Waals surface area contributed by atoms with Crippen LogP contribution in [0.25, 0.3) is 0 Å². The summed E-state index contributed by atoms with van der Waals surface area (Å²) in [6, 6.07) is 19.3. The Hall–Kier alpha value is -3.14. The van der Waals surface area contributed by atoms with E-state index in [-0.39, 0.29) is 41.6 Å². The normalized spacial score (nSPS) is 16.7. The van der Waals surface area contributed by atoms with Gasteiger partial charge < -0.3 is 10.4 Å². The third-order valence-corrected chi connectivity index (χ3v) is 9.88. The van der Waals surface area contributed by atoms with Gasteiger partial charge in [0.05, 0.1) is 17.0 Å². The van der Waals surface area contributed by atoms with Crippen LogP contribution >= 0.6 is 0 Å².